The molecule has 2 aromatic rings. The second-order valence-corrected chi connectivity index (χ2v) is 3.95. The molecule has 1 heterocycles. The van der Waals surface area contributed by atoms with Gasteiger partial charge in [-0.15, -0.1) is 0 Å². The second-order valence-electron chi connectivity index (χ2n) is 3.95. The van der Waals surface area contributed by atoms with E-state index in [9.17, 15) is 9.59 Å². The first-order valence-corrected chi connectivity index (χ1v) is 5.39. The number of carboxylic acids is 1. The molecule has 1 aromatic carbocycles. The number of hydrogen-bond acceptors (Lipinski definition) is 3. The number of aromatic nitrogens is 2. The first kappa shape index (κ1) is 12.0. The predicted molar refractivity (Wildman–Crippen MR) is 66.6 cm³/mol. The van der Waals surface area contributed by atoms with Crippen LogP contribution < -0.4 is 5.56 Å². The minimum absolute atomic E-state index is 0.101. The molecule has 5 heteroatoms. The molecule has 5 nitrogen and oxygen atoms in total. The van der Waals surface area contributed by atoms with Gasteiger partial charge in [0.25, 0.3) is 5.56 Å². The third kappa shape index (κ3) is 1.90. The van der Waals surface area contributed by atoms with Crippen LogP contribution in [0.4, 0.5) is 0 Å². The molecule has 92 valence electrons. The van der Waals surface area contributed by atoms with Crippen LogP contribution in [0.25, 0.3) is 11.1 Å². The molecule has 0 aliphatic rings. The Morgan fingerprint density at radius 1 is 1.28 bits per heavy atom. The Bertz CT molecular complexity index is 660. The van der Waals surface area contributed by atoms with Crippen LogP contribution >= 0.6 is 0 Å². The summed E-state index contributed by atoms with van der Waals surface area (Å²) in [5.74, 6) is -1.14. The highest BCUT2D eigenvalue weighted by Crippen LogP contribution is 2.20. The number of nitrogens with zero attached hydrogens (tertiary/aromatic N) is 2. The van der Waals surface area contributed by atoms with Crippen molar-refractivity contribution in [2.24, 2.45) is 7.05 Å². The SMILES string of the molecule is Cc1c(C(=O)O)nn(C)c(=O)c1-c1ccccc1. The lowest BCUT2D eigenvalue weighted by molar-refractivity contribution is 0.0687. The maximum Gasteiger partial charge on any atom is 0.356 e. The Hall–Kier alpha value is -2.43. The van der Waals surface area contributed by atoms with E-state index in [4.69, 9.17) is 5.11 Å². The summed E-state index contributed by atoms with van der Waals surface area (Å²) in [4.78, 5) is 23.2. The zero-order valence-electron chi connectivity index (χ0n) is 10.0. The molecular weight excluding hydrogens is 232 g/mol. The van der Waals surface area contributed by atoms with Crippen molar-refractivity contribution in [1.82, 2.24) is 9.78 Å². The van der Waals surface area contributed by atoms with Crippen LogP contribution in [0.5, 0.6) is 0 Å². The van der Waals surface area contributed by atoms with Gasteiger partial charge in [-0.3, -0.25) is 4.79 Å². The van der Waals surface area contributed by atoms with Crippen molar-refractivity contribution < 1.29 is 9.90 Å². The van der Waals surface area contributed by atoms with Gasteiger partial charge in [-0.1, -0.05) is 30.3 Å². The van der Waals surface area contributed by atoms with Gasteiger partial charge in [0.1, 0.15) is 0 Å². The van der Waals surface area contributed by atoms with Crippen molar-refractivity contribution in [2.75, 3.05) is 0 Å². The topological polar surface area (TPSA) is 72.2 Å². The van der Waals surface area contributed by atoms with E-state index in [1.165, 1.54) is 7.05 Å². The number of carbonyl (C=O) groups is 1. The zero-order valence-corrected chi connectivity index (χ0v) is 10.0. The highest BCUT2D eigenvalue weighted by atomic mass is 16.4. The number of aryl methyl sites for hydroxylation is 1. The average Bonchev–Trinajstić information content (AvgIpc) is 2.35. The van der Waals surface area contributed by atoms with Gasteiger partial charge in [0, 0.05) is 7.05 Å². The Morgan fingerprint density at radius 2 is 1.89 bits per heavy atom. The van der Waals surface area contributed by atoms with Crippen LogP contribution in [0, 0.1) is 6.92 Å². The minimum Gasteiger partial charge on any atom is -0.476 e. The van der Waals surface area contributed by atoms with Gasteiger partial charge in [-0.05, 0) is 18.1 Å². The standard InChI is InChI=1S/C13H12N2O3/c1-8-10(9-6-4-3-5-7-9)12(16)15(2)14-11(8)13(17)18/h3-7H,1-2H3,(H,17,18). The maximum atomic E-state index is 12.1. The van der Waals surface area contributed by atoms with E-state index in [2.05, 4.69) is 5.10 Å². The molecule has 0 aliphatic carbocycles. The zero-order chi connectivity index (χ0) is 13.3. The first-order valence-electron chi connectivity index (χ1n) is 5.39. The minimum atomic E-state index is -1.14. The fourth-order valence-corrected chi connectivity index (χ4v) is 1.86. The number of hydrogen-bond donors (Lipinski definition) is 1. The highest BCUT2D eigenvalue weighted by Gasteiger charge is 2.18. The third-order valence-corrected chi connectivity index (χ3v) is 2.75. The van der Waals surface area contributed by atoms with Crippen LogP contribution in [0.3, 0.4) is 0 Å². The molecule has 0 bridgehead atoms. The van der Waals surface area contributed by atoms with Gasteiger partial charge in [0.05, 0.1) is 5.56 Å². The molecular formula is C13H12N2O3. The molecule has 18 heavy (non-hydrogen) atoms. The molecule has 0 amide bonds. The van der Waals surface area contributed by atoms with E-state index >= 15 is 0 Å². The van der Waals surface area contributed by atoms with E-state index < -0.39 is 5.97 Å². The molecule has 0 atom stereocenters. The van der Waals surface area contributed by atoms with Crippen molar-refractivity contribution in [3.8, 4) is 11.1 Å². The fourth-order valence-electron chi connectivity index (χ4n) is 1.86. The summed E-state index contributed by atoms with van der Waals surface area (Å²) in [5.41, 5.74) is 1.06. The number of carboxylic acid groups (broad SMARTS) is 1. The summed E-state index contributed by atoms with van der Waals surface area (Å²) in [6.07, 6.45) is 0. The van der Waals surface area contributed by atoms with Crippen molar-refractivity contribution in [3.05, 3.63) is 51.9 Å². The van der Waals surface area contributed by atoms with E-state index in [-0.39, 0.29) is 11.3 Å². The smallest absolute Gasteiger partial charge is 0.356 e. The Balaban J connectivity index is 2.82. The summed E-state index contributed by atoms with van der Waals surface area (Å²) in [6, 6.07) is 8.98. The van der Waals surface area contributed by atoms with E-state index in [1.54, 1.807) is 31.2 Å². The van der Waals surface area contributed by atoms with Crippen LogP contribution in [0.15, 0.2) is 35.1 Å². The van der Waals surface area contributed by atoms with Gasteiger partial charge in [-0.2, -0.15) is 5.10 Å². The molecule has 0 aliphatic heterocycles. The Morgan fingerprint density at radius 3 is 2.44 bits per heavy atom. The van der Waals surface area contributed by atoms with Crippen LogP contribution in [-0.2, 0) is 7.05 Å². The maximum absolute atomic E-state index is 12.1. The molecule has 0 fully saturated rings. The quantitative estimate of drug-likeness (QED) is 0.867. The van der Waals surface area contributed by atoms with Gasteiger partial charge >= 0.3 is 5.97 Å². The molecule has 0 saturated carbocycles. The summed E-state index contributed by atoms with van der Waals surface area (Å²) in [7, 11) is 1.45. The number of aromatic carboxylic acids is 1. The Labute approximate surface area is 103 Å². The molecule has 0 radical (unpaired) electrons. The monoisotopic (exact) mass is 244 g/mol. The van der Waals surface area contributed by atoms with E-state index in [1.807, 2.05) is 6.07 Å². The lowest BCUT2D eigenvalue weighted by Crippen LogP contribution is -2.26. The molecule has 2 rings (SSSR count). The average molecular weight is 244 g/mol. The number of rotatable bonds is 2. The fraction of sp³-hybridized carbons (Fsp3) is 0.154. The molecule has 0 spiro atoms. The first-order chi connectivity index (χ1) is 8.52. The molecule has 1 N–H and O–H groups in total. The Kier molecular flexibility index (Phi) is 2.97. The predicted octanol–water partition coefficient (Wildman–Crippen LogP) is 1.45. The van der Waals surface area contributed by atoms with E-state index in [0.717, 1.165) is 4.68 Å². The normalized spacial score (nSPS) is 10.3. The van der Waals surface area contributed by atoms with Crippen LogP contribution in [0.2, 0.25) is 0 Å². The highest BCUT2D eigenvalue weighted by molar-refractivity contribution is 5.89. The molecule has 0 unspecified atom stereocenters. The van der Waals surface area contributed by atoms with Gasteiger partial charge in [0.15, 0.2) is 5.69 Å². The van der Waals surface area contributed by atoms with Gasteiger partial charge in [0.2, 0.25) is 0 Å². The summed E-state index contributed by atoms with van der Waals surface area (Å²) < 4.78 is 1.05. The lowest BCUT2D eigenvalue weighted by Gasteiger charge is -2.09. The summed E-state index contributed by atoms with van der Waals surface area (Å²) in [6.45, 7) is 1.60. The second kappa shape index (κ2) is 4.44. The van der Waals surface area contributed by atoms with Crippen molar-refractivity contribution >= 4 is 5.97 Å². The van der Waals surface area contributed by atoms with Crippen molar-refractivity contribution in [2.45, 2.75) is 6.92 Å². The molecule has 0 saturated heterocycles. The van der Waals surface area contributed by atoms with Gasteiger partial charge in [-0.25, -0.2) is 9.48 Å². The largest absolute Gasteiger partial charge is 0.476 e. The number of benzene rings is 1. The lowest BCUT2D eigenvalue weighted by atomic mass is 10.0. The van der Waals surface area contributed by atoms with Crippen molar-refractivity contribution in [3.63, 3.8) is 0 Å². The summed E-state index contributed by atoms with van der Waals surface area (Å²) in [5, 5.41) is 12.8. The van der Waals surface area contributed by atoms with E-state index in [0.29, 0.717) is 16.7 Å². The third-order valence-electron chi connectivity index (χ3n) is 2.75. The van der Waals surface area contributed by atoms with Gasteiger partial charge < -0.3 is 5.11 Å². The van der Waals surface area contributed by atoms with Crippen molar-refractivity contribution in [1.29, 1.82) is 0 Å². The van der Waals surface area contributed by atoms with Crippen LogP contribution in [-0.4, -0.2) is 20.9 Å². The van der Waals surface area contributed by atoms with Crippen LogP contribution in [0.1, 0.15) is 16.1 Å². The summed E-state index contributed by atoms with van der Waals surface area (Å²) >= 11 is 0. The molecule has 1 aromatic heterocycles.